The Morgan fingerprint density at radius 2 is 1.83 bits per heavy atom. The minimum absolute atomic E-state index is 0. The lowest BCUT2D eigenvalue weighted by molar-refractivity contribution is 0.554. The maximum absolute atomic E-state index is 14.1. The van der Waals surface area contributed by atoms with Crippen molar-refractivity contribution in [1.82, 2.24) is 14.5 Å². The second-order valence-corrected chi connectivity index (χ2v) is 8.80. The molecule has 2 N–H and O–H groups in total. The summed E-state index contributed by atoms with van der Waals surface area (Å²) < 4.78 is 39.3. The molecule has 0 fully saturated rings. The number of allylic oxidation sites excluding steroid dienone is 1. The smallest absolute Gasteiger partial charge is 0.175 e. The van der Waals surface area contributed by atoms with Crippen LogP contribution in [-0.4, -0.2) is 35.8 Å². The number of halogens is 3. The number of aromatic nitrogens is 3. The van der Waals surface area contributed by atoms with Crippen LogP contribution in [0.25, 0.3) is 11.0 Å². The van der Waals surface area contributed by atoms with Crippen molar-refractivity contribution in [2.75, 3.05) is 12.8 Å². The van der Waals surface area contributed by atoms with Crippen LogP contribution in [0, 0.1) is 13.8 Å². The van der Waals surface area contributed by atoms with E-state index in [2.05, 4.69) is 9.97 Å². The van der Waals surface area contributed by atoms with Gasteiger partial charge in [0, 0.05) is 30.5 Å². The van der Waals surface area contributed by atoms with Gasteiger partial charge in [-0.15, -0.1) is 24.8 Å². The van der Waals surface area contributed by atoms with Gasteiger partial charge < -0.3 is 10.3 Å². The largest absolute Gasteiger partial charge is 0.335 e. The topological polar surface area (TPSA) is 90.9 Å². The third kappa shape index (κ3) is 5.57. The fourth-order valence-electron chi connectivity index (χ4n) is 3.22. The summed E-state index contributed by atoms with van der Waals surface area (Å²) >= 11 is 0. The van der Waals surface area contributed by atoms with Crippen molar-refractivity contribution in [3.05, 3.63) is 65.0 Å². The summed E-state index contributed by atoms with van der Waals surface area (Å²) in [4.78, 5) is 9.11. The molecule has 0 aliphatic heterocycles. The van der Waals surface area contributed by atoms with E-state index in [0.717, 1.165) is 27.9 Å². The van der Waals surface area contributed by atoms with E-state index in [4.69, 9.17) is 5.73 Å². The molecule has 0 amide bonds. The summed E-state index contributed by atoms with van der Waals surface area (Å²) in [5, 5.41) is 0. The zero-order chi connectivity index (χ0) is 20.5. The van der Waals surface area contributed by atoms with E-state index >= 15 is 0 Å². The van der Waals surface area contributed by atoms with Crippen LogP contribution >= 0.6 is 24.8 Å². The zero-order valence-corrected chi connectivity index (χ0v) is 19.4. The van der Waals surface area contributed by atoms with Crippen molar-refractivity contribution < 1.29 is 12.8 Å². The Bertz CT molecular complexity index is 1160. The predicted octanol–water partition coefficient (Wildman–Crippen LogP) is 3.70. The van der Waals surface area contributed by atoms with Gasteiger partial charge in [-0.3, -0.25) is 0 Å². The van der Waals surface area contributed by atoms with Gasteiger partial charge in [0.15, 0.2) is 9.84 Å². The Morgan fingerprint density at radius 1 is 1.20 bits per heavy atom. The van der Waals surface area contributed by atoms with E-state index in [1.807, 2.05) is 18.4 Å². The maximum atomic E-state index is 14.1. The predicted molar refractivity (Wildman–Crippen MR) is 122 cm³/mol. The van der Waals surface area contributed by atoms with E-state index in [-0.39, 0.29) is 48.6 Å². The second-order valence-electron chi connectivity index (χ2n) is 6.78. The van der Waals surface area contributed by atoms with Crippen LogP contribution in [0.5, 0.6) is 0 Å². The first-order valence-electron chi connectivity index (χ1n) is 8.85. The molecule has 10 heteroatoms. The van der Waals surface area contributed by atoms with Crippen molar-refractivity contribution >= 4 is 45.7 Å². The summed E-state index contributed by atoms with van der Waals surface area (Å²) in [6.45, 7) is 3.94. The quantitative estimate of drug-likeness (QED) is 0.587. The number of fused-ring (bicyclic) bond motifs is 1. The molecule has 3 rings (SSSR count). The van der Waals surface area contributed by atoms with Gasteiger partial charge in [0.1, 0.15) is 11.7 Å². The average molecular weight is 475 g/mol. The summed E-state index contributed by atoms with van der Waals surface area (Å²) in [5.41, 5.74) is 9.75. The lowest BCUT2D eigenvalue weighted by atomic mass is 10.0. The minimum atomic E-state index is -3.24. The molecule has 0 aliphatic carbocycles. The average Bonchev–Trinajstić information content (AvgIpc) is 2.87. The third-order valence-electron chi connectivity index (χ3n) is 4.69. The van der Waals surface area contributed by atoms with Crippen LogP contribution in [0.3, 0.4) is 0 Å². The number of hydrogen-bond donors (Lipinski definition) is 1. The van der Waals surface area contributed by atoms with Crippen molar-refractivity contribution in [1.29, 1.82) is 0 Å². The molecule has 2 heterocycles. The van der Waals surface area contributed by atoms with Gasteiger partial charge in [-0.25, -0.2) is 22.8 Å². The van der Waals surface area contributed by atoms with Crippen molar-refractivity contribution in [3.8, 4) is 0 Å². The van der Waals surface area contributed by atoms with E-state index in [9.17, 15) is 12.8 Å². The summed E-state index contributed by atoms with van der Waals surface area (Å²) in [7, 11) is -3.24. The zero-order valence-electron chi connectivity index (χ0n) is 16.9. The summed E-state index contributed by atoms with van der Waals surface area (Å²) in [6, 6.07) is 6.79. The molecule has 0 unspecified atom stereocenters. The molecule has 3 aromatic rings. The molecular weight excluding hydrogens is 450 g/mol. The molecule has 1 aromatic carbocycles. The molecule has 2 aromatic heterocycles. The van der Waals surface area contributed by atoms with Gasteiger partial charge in [0.05, 0.1) is 28.7 Å². The van der Waals surface area contributed by atoms with Crippen LogP contribution < -0.4 is 5.73 Å². The monoisotopic (exact) mass is 474 g/mol. The lowest BCUT2D eigenvalue weighted by Gasteiger charge is -2.07. The van der Waals surface area contributed by atoms with Crippen molar-refractivity contribution in [3.63, 3.8) is 0 Å². The second kappa shape index (κ2) is 10.3. The SMILES string of the molecule is Cc1ncc2c(n1)c(Cc1ccc(S(C)(=O)=O)cc1)c(C)n2C/C(F)=C/CN.Cl.Cl. The number of nitrogens with zero attached hydrogens (tertiary/aromatic N) is 3. The van der Waals surface area contributed by atoms with E-state index in [1.54, 1.807) is 30.5 Å². The highest BCUT2D eigenvalue weighted by Gasteiger charge is 2.18. The molecular formula is C20H25Cl2FN4O2S. The van der Waals surface area contributed by atoms with Crippen LogP contribution in [-0.2, 0) is 22.8 Å². The summed E-state index contributed by atoms with van der Waals surface area (Å²) in [5.74, 6) is 0.323. The van der Waals surface area contributed by atoms with Crippen LogP contribution in [0.2, 0.25) is 0 Å². The van der Waals surface area contributed by atoms with Crippen LogP contribution in [0.4, 0.5) is 4.39 Å². The molecule has 0 spiro atoms. The van der Waals surface area contributed by atoms with Crippen LogP contribution in [0.1, 0.15) is 22.6 Å². The fourth-order valence-corrected chi connectivity index (χ4v) is 3.85. The number of aryl methyl sites for hydroxylation is 1. The lowest BCUT2D eigenvalue weighted by Crippen LogP contribution is -2.04. The number of sulfone groups is 1. The molecule has 0 bridgehead atoms. The van der Waals surface area contributed by atoms with Gasteiger partial charge >= 0.3 is 0 Å². The molecule has 6 nitrogen and oxygen atoms in total. The van der Waals surface area contributed by atoms with Gasteiger partial charge in [-0.2, -0.15) is 0 Å². The van der Waals surface area contributed by atoms with Crippen molar-refractivity contribution in [2.24, 2.45) is 5.73 Å². The molecule has 30 heavy (non-hydrogen) atoms. The Labute approximate surface area is 188 Å². The first-order valence-corrected chi connectivity index (χ1v) is 10.7. The Hall–Kier alpha value is -2.00. The number of benzene rings is 1. The van der Waals surface area contributed by atoms with Crippen molar-refractivity contribution in [2.45, 2.75) is 31.7 Å². The third-order valence-corrected chi connectivity index (χ3v) is 5.82. The van der Waals surface area contributed by atoms with E-state index in [0.29, 0.717) is 12.2 Å². The van der Waals surface area contributed by atoms with Gasteiger partial charge in [-0.1, -0.05) is 12.1 Å². The molecule has 164 valence electrons. The molecule has 0 saturated carbocycles. The maximum Gasteiger partial charge on any atom is 0.175 e. The Kier molecular flexibility index (Phi) is 8.98. The highest BCUT2D eigenvalue weighted by Crippen LogP contribution is 2.28. The Morgan fingerprint density at radius 3 is 2.40 bits per heavy atom. The molecule has 0 aliphatic rings. The number of nitrogens with two attached hydrogens (primary N) is 1. The van der Waals surface area contributed by atoms with Gasteiger partial charge in [0.2, 0.25) is 0 Å². The highest BCUT2D eigenvalue weighted by molar-refractivity contribution is 7.90. The molecule has 0 saturated heterocycles. The molecule has 0 atom stereocenters. The highest BCUT2D eigenvalue weighted by atomic mass is 35.5. The first kappa shape index (κ1) is 26.0. The standard InChI is InChI=1S/C20H23FN4O2S.2ClH/c1-13-18(10-15-4-6-17(7-5-15)28(3,26)27)20-19(11-23-14(2)24-20)25(13)12-16(21)8-9-22;;/h4-8,11H,9-10,12,22H2,1-3H3;2*1H/b16-8-;;. The number of rotatable bonds is 6. The van der Waals surface area contributed by atoms with E-state index < -0.39 is 9.84 Å². The normalized spacial score (nSPS) is 11.8. The Balaban J connectivity index is 0.00000225. The fraction of sp³-hybridized carbons (Fsp3) is 0.300. The number of hydrogen-bond acceptors (Lipinski definition) is 5. The van der Waals surface area contributed by atoms with Crippen LogP contribution in [0.15, 0.2) is 47.3 Å². The molecule has 0 radical (unpaired) electrons. The van der Waals surface area contributed by atoms with Gasteiger partial charge in [0.25, 0.3) is 0 Å². The first-order chi connectivity index (χ1) is 13.2. The van der Waals surface area contributed by atoms with Gasteiger partial charge in [-0.05, 0) is 37.6 Å². The summed E-state index contributed by atoms with van der Waals surface area (Å²) in [6.07, 6.45) is 4.79. The van der Waals surface area contributed by atoms with E-state index in [1.165, 1.54) is 12.3 Å². The minimum Gasteiger partial charge on any atom is -0.335 e.